The van der Waals surface area contributed by atoms with E-state index in [9.17, 15) is 13.2 Å². The van der Waals surface area contributed by atoms with Gasteiger partial charge in [0.25, 0.3) is 0 Å². The molecule has 0 spiro atoms. The van der Waals surface area contributed by atoms with Gasteiger partial charge in [-0.15, -0.1) is 0 Å². The van der Waals surface area contributed by atoms with Crippen molar-refractivity contribution in [1.82, 2.24) is 15.0 Å². The Hall–Kier alpha value is -2.19. The predicted octanol–water partition coefficient (Wildman–Crippen LogP) is 4.61. The predicted molar refractivity (Wildman–Crippen MR) is 99.8 cm³/mol. The molecule has 0 radical (unpaired) electrons. The lowest BCUT2D eigenvalue weighted by atomic mass is 10.2. The molecule has 0 saturated carbocycles. The minimum atomic E-state index is -4.46. The highest BCUT2D eigenvalue weighted by molar-refractivity contribution is 6.35. The van der Waals surface area contributed by atoms with Crippen molar-refractivity contribution in [1.29, 1.82) is 0 Å². The average molecular weight is 416 g/mol. The molecule has 10 heteroatoms. The maximum absolute atomic E-state index is 13.0. The number of aromatic amines is 1. The van der Waals surface area contributed by atoms with Crippen molar-refractivity contribution in [2.75, 3.05) is 36.0 Å². The lowest BCUT2D eigenvalue weighted by Crippen LogP contribution is -2.47. The standard InChI is InChI=1S/C17H14Cl2F3N5/c18-11-2-1-3-23-15(11)26-4-6-27(7-5-26)16-24-13-9-10(17(20,21)22)8-12(19)14(13)25-16/h1-3,8-9H,4-7H2,(H,24,25). The molecular formula is C17H14Cl2F3N5. The van der Waals surface area contributed by atoms with Crippen molar-refractivity contribution in [3.8, 4) is 0 Å². The molecule has 1 aromatic carbocycles. The molecule has 27 heavy (non-hydrogen) atoms. The molecule has 0 aliphatic carbocycles. The van der Waals surface area contributed by atoms with Crippen LogP contribution in [0.1, 0.15) is 5.56 Å². The highest BCUT2D eigenvalue weighted by atomic mass is 35.5. The van der Waals surface area contributed by atoms with Crippen LogP contribution in [0.15, 0.2) is 30.5 Å². The lowest BCUT2D eigenvalue weighted by molar-refractivity contribution is -0.137. The Kier molecular flexibility index (Phi) is 4.55. The number of aromatic nitrogens is 3. The summed E-state index contributed by atoms with van der Waals surface area (Å²) in [5, 5.41) is 0.558. The second-order valence-corrected chi connectivity index (χ2v) is 7.01. The molecule has 2 aromatic heterocycles. The van der Waals surface area contributed by atoms with Crippen molar-refractivity contribution in [2.24, 2.45) is 0 Å². The van der Waals surface area contributed by atoms with Crippen molar-refractivity contribution in [3.63, 3.8) is 0 Å². The van der Waals surface area contributed by atoms with Gasteiger partial charge < -0.3 is 14.8 Å². The number of alkyl halides is 3. The SMILES string of the molecule is FC(F)(F)c1cc(Cl)c2nc(N3CCN(c4ncccc4Cl)CC3)[nH]c2c1. The zero-order valence-corrected chi connectivity index (χ0v) is 15.4. The summed E-state index contributed by atoms with van der Waals surface area (Å²) in [5.41, 5.74) is -0.209. The van der Waals surface area contributed by atoms with Gasteiger partial charge in [-0.2, -0.15) is 13.2 Å². The molecule has 1 saturated heterocycles. The highest BCUT2D eigenvalue weighted by Crippen LogP contribution is 2.35. The minimum Gasteiger partial charge on any atom is -0.352 e. The van der Waals surface area contributed by atoms with Crippen LogP contribution in [-0.4, -0.2) is 41.1 Å². The van der Waals surface area contributed by atoms with E-state index >= 15 is 0 Å². The van der Waals surface area contributed by atoms with Gasteiger partial charge in [0, 0.05) is 32.4 Å². The van der Waals surface area contributed by atoms with Gasteiger partial charge in [0.2, 0.25) is 5.95 Å². The summed E-state index contributed by atoms with van der Waals surface area (Å²) in [6.07, 6.45) is -2.77. The summed E-state index contributed by atoms with van der Waals surface area (Å²) in [4.78, 5) is 15.7. The molecule has 4 rings (SSSR count). The Balaban J connectivity index is 1.56. The van der Waals surface area contributed by atoms with Crippen molar-refractivity contribution >= 4 is 46.0 Å². The van der Waals surface area contributed by atoms with Crippen molar-refractivity contribution < 1.29 is 13.2 Å². The molecule has 0 bridgehead atoms. The van der Waals surface area contributed by atoms with Gasteiger partial charge in [-0.25, -0.2) is 9.97 Å². The van der Waals surface area contributed by atoms with E-state index in [2.05, 4.69) is 19.9 Å². The monoisotopic (exact) mass is 415 g/mol. The smallest absolute Gasteiger partial charge is 0.352 e. The van der Waals surface area contributed by atoms with Crippen LogP contribution in [0.2, 0.25) is 10.0 Å². The largest absolute Gasteiger partial charge is 0.416 e. The van der Waals surface area contributed by atoms with Crippen LogP contribution in [0.3, 0.4) is 0 Å². The maximum atomic E-state index is 13.0. The molecule has 0 unspecified atom stereocenters. The first kappa shape index (κ1) is 18.2. The van der Waals surface area contributed by atoms with Crippen LogP contribution in [0, 0.1) is 0 Å². The first-order valence-corrected chi connectivity index (χ1v) is 8.95. The first-order valence-electron chi connectivity index (χ1n) is 8.20. The fourth-order valence-corrected chi connectivity index (χ4v) is 3.62. The van der Waals surface area contributed by atoms with E-state index in [1.807, 2.05) is 4.90 Å². The van der Waals surface area contributed by atoms with Gasteiger partial charge in [0.15, 0.2) is 0 Å². The van der Waals surface area contributed by atoms with Gasteiger partial charge in [-0.3, -0.25) is 0 Å². The van der Waals surface area contributed by atoms with E-state index in [1.165, 1.54) is 0 Å². The molecule has 1 aliphatic heterocycles. The highest BCUT2D eigenvalue weighted by Gasteiger charge is 2.32. The van der Waals surface area contributed by atoms with Gasteiger partial charge in [0.05, 0.1) is 21.1 Å². The minimum absolute atomic E-state index is 0.0266. The molecule has 1 N–H and O–H groups in total. The molecule has 3 heterocycles. The summed E-state index contributed by atoms with van der Waals surface area (Å²) in [6, 6.07) is 5.49. The van der Waals surface area contributed by atoms with E-state index < -0.39 is 11.7 Å². The summed E-state index contributed by atoms with van der Waals surface area (Å²) in [5.74, 6) is 1.22. The van der Waals surface area contributed by atoms with Gasteiger partial charge in [0.1, 0.15) is 11.3 Å². The number of fused-ring (bicyclic) bond motifs is 1. The number of hydrogen-bond acceptors (Lipinski definition) is 4. The second-order valence-electron chi connectivity index (χ2n) is 6.20. The Morgan fingerprint density at radius 3 is 2.37 bits per heavy atom. The summed E-state index contributed by atoms with van der Waals surface area (Å²) in [6.45, 7) is 2.57. The fourth-order valence-electron chi connectivity index (χ4n) is 3.12. The number of piperazine rings is 1. The van der Waals surface area contributed by atoms with Crippen LogP contribution in [-0.2, 0) is 6.18 Å². The normalized spacial score (nSPS) is 15.6. The number of pyridine rings is 1. The maximum Gasteiger partial charge on any atom is 0.416 e. The molecule has 1 aliphatic rings. The summed E-state index contributed by atoms with van der Waals surface area (Å²) >= 11 is 12.2. The number of halogens is 5. The Morgan fingerprint density at radius 2 is 1.70 bits per heavy atom. The van der Waals surface area contributed by atoms with Gasteiger partial charge in [-0.05, 0) is 24.3 Å². The van der Waals surface area contributed by atoms with Gasteiger partial charge >= 0.3 is 6.18 Å². The molecule has 0 atom stereocenters. The van der Waals surface area contributed by atoms with E-state index in [0.29, 0.717) is 42.7 Å². The molecule has 5 nitrogen and oxygen atoms in total. The summed E-state index contributed by atoms with van der Waals surface area (Å²) < 4.78 is 38.9. The van der Waals surface area contributed by atoms with E-state index in [1.54, 1.807) is 18.3 Å². The van der Waals surface area contributed by atoms with Crippen molar-refractivity contribution in [2.45, 2.75) is 6.18 Å². The summed E-state index contributed by atoms with van der Waals surface area (Å²) in [7, 11) is 0. The number of anilines is 2. The number of benzene rings is 1. The Morgan fingerprint density at radius 1 is 1.00 bits per heavy atom. The van der Waals surface area contributed by atoms with Gasteiger partial charge in [-0.1, -0.05) is 23.2 Å². The molecular weight excluding hydrogens is 402 g/mol. The number of rotatable bonds is 2. The zero-order valence-electron chi connectivity index (χ0n) is 13.9. The topological polar surface area (TPSA) is 48.1 Å². The molecule has 0 amide bonds. The quantitative estimate of drug-likeness (QED) is 0.663. The number of nitrogens with one attached hydrogen (secondary N) is 1. The van der Waals surface area contributed by atoms with Crippen LogP contribution in [0.5, 0.6) is 0 Å². The van der Waals surface area contributed by atoms with Crippen molar-refractivity contribution in [3.05, 3.63) is 46.1 Å². The number of imidazole rings is 1. The molecule has 3 aromatic rings. The molecule has 142 valence electrons. The van der Waals surface area contributed by atoms with E-state index in [-0.39, 0.29) is 10.5 Å². The second kappa shape index (κ2) is 6.76. The number of nitrogens with zero attached hydrogens (tertiary/aromatic N) is 4. The van der Waals surface area contributed by atoms with Crippen LogP contribution in [0.4, 0.5) is 24.9 Å². The van der Waals surface area contributed by atoms with Crippen LogP contribution < -0.4 is 9.80 Å². The van der Waals surface area contributed by atoms with Crippen LogP contribution >= 0.6 is 23.2 Å². The van der Waals surface area contributed by atoms with E-state index in [0.717, 1.165) is 18.0 Å². The zero-order chi connectivity index (χ0) is 19.2. The number of hydrogen-bond donors (Lipinski definition) is 1. The van der Waals surface area contributed by atoms with E-state index in [4.69, 9.17) is 23.2 Å². The average Bonchev–Trinajstić information content (AvgIpc) is 3.06. The number of H-pyrrole nitrogens is 1. The first-order chi connectivity index (χ1) is 12.8. The Bertz CT molecular complexity index is 980. The third-order valence-electron chi connectivity index (χ3n) is 4.47. The molecule has 1 fully saturated rings. The Labute approximate surface area is 162 Å². The fraction of sp³-hybridized carbons (Fsp3) is 0.294. The lowest BCUT2D eigenvalue weighted by Gasteiger charge is -2.35. The third kappa shape index (κ3) is 3.51. The third-order valence-corrected chi connectivity index (χ3v) is 5.06. The van der Waals surface area contributed by atoms with Crippen LogP contribution in [0.25, 0.3) is 11.0 Å².